The van der Waals surface area contributed by atoms with Gasteiger partial charge in [0.25, 0.3) is 5.91 Å². The fraction of sp³-hybridized carbons (Fsp3) is 0.529. The molecule has 1 aliphatic heterocycles. The van der Waals surface area contributed by atoms with Crippen LogP contribution in [0.2, 0.25) is 0 Å². The molecule has 1 aliphatic rings. The van der Waals surface area contributed by atoms with Gasteiger partial charge in [0.1, 0.15) is 0 Å². The zero-order chi connectivity index (χ0) is 19.3. The molecule has 0 bridgehead atoms. The van der Waals surface area contributed by atoms with Crippen LogP contribution in [0.5, 0.6) is 0 Å². The smallest absolute Gasteiger partial charge is 0.253 e. The molecule has 0 spiro atoms. The maximum Gasteiger partial charge on any atom is 0.253 e. The van der Waals surface area contributed by atoms with Crippen LogP contribution in [0, 0.1) is 0 Å². The monoisotopic (exact) mass is 418 g/mol. The van der Waals surface area contributed by atoms with Crippen LogP contribution in [0.4, 0.5) is 0 Å². The minimum atomic E-state index is -3.63. The summed E-state index contributed by atoms with van der Waals surface area (Å²) >= 11 is 0. The Morgan fingerprint density at radius 2 is 1.67 bits per heavy atom. The van der Waals surface area contributed by atoms with Gasteiger partial charge in [-0.05, 0) is 31.3 Å². The Hall–Kier alpha value is -1.68. The van der Waals surface area contributed by atoms with Gasteiger partial charge >= 0.3 is 0 Å². The number of halogens is 1. The van der Waals surface area contributed by atoms with Crippen molar-refractivity contribution in [2.75, 3.05) is 53.4 Å². The summed E-state index contributed by atoms with van der Waals surface area (Å²) in [7, 11) is -0.107. The average Bonchev–Trinajstić information content (AvgIpc) is 2.65. The number of likely N-dealkylation sites (N-methyl/N-ethyl adjacent to an activating group) is 2. The number of hydrogen-bond acceptors (Lipinski definition) is 5. The van der Waals surface area contributed by atoms with Crippen LogP contribution >= 0.6 is 12.4 Å². The van der Waals surface area contributed by atoms with E-state index in [1.54, 1.807) is 16.8 Å². The van der Waals surface area contributed by atoms with Crippen LogP contribution in [-0.4, -0.2) is 87.7 Å². The van der Waals surface area contributed by atoms with Crippen molar-refractivity contribution in [1.82, 2.24) is 19.4 Å². The van der Waals surface area contributed by atoms with Crippen LogP contribution in [0.25, 0.3) is 0 Å². The lowest BCUT2D eigenvalue weighted by molar-refractivity contribution is -0.129. The Kier molecular flexibility index (Phi) is 8.67. The third-order valence-electron chi connectivity index (χ3n) is 4.47. The summed E-state index contributed by atoms with van der Waals surface area (Å²) in [5.74, 6) is -0.202. The lowest BCUT2D eigenvalue weighted by Crippen LogP contribution is -2.49. The summed E-state index contributed by atoms with van der Waals surface area (Å²) in [6, 6.07) is 6.01. The molecule has 1 aromatic rings. The maximum atomic E-state index is 12.7. The van der Waals surface area contributed by atoms with E-state index in [0.29, 0.717) is 31.7 Å². The predicted octanol–water partition coefficient (Wildman–Crippen LogP) is 0.253. The summed E-state index contributed by atoms with van der Waals surface area (Å²) in [5.41, 5.74) is 0.448. The van der Waals surface area contributed by atoms with Crippen LogP contribution in [-0.2, 0) is 14.8 Å². The molecule has 27 heavy (non-hydrogen) atoms. The second-order valence-corrected chi connectivity index (χ2v) is 8.20. The molecule has 1 heterocycles. The van der Waals surface area contributed by atoms with E-state index in [1.165, 1.54) is 35.5 Å². The number of benzene rings is 1. The Balaban J connectivity index is 0.00000364. The molecular weight excluding hydrogens is 392 g/mol. The largest absolute Gasteiger partial charge is 0.340 e. The van der Waals surface area contributed by atoms with Crippen LogP contribution in [0.15, 0.2) is 29.2 Å². The van der Waals surface area contributed by atoms with Gasteiger partial charge in [0.2, 0.25) is 15.9 Å². The van der Waals surface area contributed by atoms with Gasteiger partial charge in [-0.25, -0.2) is 8.42 Å². The van der Waals surface area contributed by atoms with Crippen LogP contribution in [0.3, 0.4) is 0 Å². The van der Waals surface area contributed by atoms with Crippen molar-refractivity contribution in [3.8, 4) is 0 Å². The van der Waals surface area contributed by atoms with Gasteiger partial charge in [-0.2, -0.15) is 4.31 Å². The molecule has 2 rings (SSSR count). The molecule has 1 saturated heterocycles. The first kappa shape index (κ1) is 23.4. The number of nitrogens with one attached hydrogen (secondary N) is 1. The third kappa shape index (κ3) is 5.65. The molecule has 0 radical (unpaired) electrons. The normalized spacial score (nSPS) is 15.1. The molecule has 8 nitrogen and oxygen atoms in total. The number of piperazine rings is 1. The third-order valence-corrected chi connectivity index (χ3v) is 6.38. The Morgan fingerprint density at radius 3 is 2.15 bits per heavy atom. The quantitative estimate of drug-likeness (QED) is 0.715. The lowest BCUT2D eigenvalue weighted by Gasteiger charge is -2.33. The van der Waals surface area contributed by atoms with Crippen molar-refractivity contribution < 1.29 is 18.0 Å². The summed E-state index contributed by atoms with van der Waals surface area (Å²) in [6.07, 6.45) is 0. The number of carbonyl (C=O) groups excluding carboxylic acids is 2. The zero-order valence-electron chi connectivity index (χ0n) is 15.8. The maximum absolute atomic E-state index is 12.7. The highest BCUT2D eigenvalue weighted by atomic mass is 35.5. The fourth-order valence-electron chi connectivity index (χ4n) is 2.76. The van der Waals surface area contributed by atoms with Gasteiger partial charge in [-0.15, -0.1) is 12.4 Å². The van der Waals surface area contributed by atoms with Crippen molar-refractivity contribution in [2.24, 2.45) is 0 Å². The Morgan fingerprint density at radius 1 is 1.11 bits per heavy atom. The van der Waals surface area contributed by atoms with Gasteiger partial charge in [0.15, 0.2) is 0 Å². The van der Waals surface area contributed by atoms with Crippen molar-refractivity contribution in [1.29, 1.82) is 0 Å². The number of amides is 2. The van der Waals surface area contributed by atoms with E-state index in [-0.39, 0.29) is 42.2 Å². The van der Waals surface area contributed by atoms with Crippen molar-refractivity contribution in [3.63, 3.8) is 0 Å². The van der Waals surface area contributed by atoms with Gasteiger partial charge < -0.3 is 15.1 Å². The average molecular weight is 419 g/mol. The van der Waals surface area contributed by atoms with Gasteiger partial charge in [-0.3, -0.25) is 9.59 Å². The number of carbonyl (C=O) groups is 2. The summed E-state index contributed by atoms with van der Waals surface area (Å²) in [4.78, 5) is 27.1. The van der Waals surface area contributed by atoms with E-state index in [9.17, 15) is 18.0 Å². The van der Waals surface area contributed by atoms with Gasteiger partial charge in [0, 0.05) is 58.8 Å². The minimum Gasteiger partial charge on any atom is -0.340 e. The molecule has 0 aromatic heterocycles. The van der Waals surface area contributed by atoms with E-state index >= 15 is 0 Å². The van der Waals surface area contributed by atoms with Crippen LogP contribution < -0.4 is 5.32 Å². The first-order chi connectivity index (χ1) is 12.3. The van der Waals surface area contributed by atoms with E-state index in [1.807, 2.05) is 7.05 Å². The first-order valence-corrected chi connectivity index (χ1v) is 9.97. The highest BCUT2D eigenvalue weighted by Gasteiger charge is 2.29. The van der Waals surface area contributed by atoms with E-state index in [0.717, 1.165) is 0 Å². The molecule has 1 fully saturated rings. The lowest BCUT2D eigenvalue weighted by atomic mass is 10.2. The fourth-order valence-corrected chi connectivity index (χ4v) is 4.19. The molecular formula is C17H27ClN4O4S. The topological polar surface area (TPSA) is 90.0 Å². The molecule has 0 atom stereocenters. The van der Waals surface area contributed by atoms with Gasteiger partial charge in [-0.1, -0.05) is 0 Å². The highest BCUT2D eigenvalue weighted by Crippen LogP contribution is 2.19. The molecule has 0 saturated carbocycles. The number of sulfonamides is 1. The summed E-state index contributed by atoms with van der Waals surface area (Å²) in [6.45, 7) is 4.05. The van der Waals surface area contributed by atoms with Crippen LogP contribution in [0.1, 0.15) is 17.3 Å². The van der Waals surface area contributed by atoms with Crippen molar-refractivity contribution >= 4 is 34.2 Å². The van der Waals surface area contributed by atoms with E-state index in [4.69, 9.17) is 0 Å². The first-order valence-electron chi connectivity index (χ1n) is 8.53. The van der Waals surface area contributed by atoms with E-state index in [2.05, 4.69) is 5.32 Å². The number of nitrogens with zero attached hydrogens (tertiary/aromatic N) is 3. The standard InChI is InChI=1S/C17H26N4O4S.ClH/c1-14(22)20-10-12-21(13-11-20)26(24,25)16-6-4-15(5-7-16)17(23)19(3)9-8-18-2;/h4-7,18H,8-13H2,1-3H3;1H. The Labute approximate surface area is 167 Å². The second kappa shape index (κ2) is 10.0. The summed E-state index contributed by atoms with van der Waals surface area (Å²) < 4.78 is 26.9. The zero-order valence-corrected chi connectivity index (χ0v) is 17.5. The molecule has 2 amide bonds. The molecule has 152 valence electrons. The SMILES string of the molecule is CNCCN(C)C(=O)c1ccc(S(=O)(=O)N2CCN(C(C)=O)CC2)cc1.Cl. The van der Waals surface area contributed by atoms with Gasteiger partial charge in [0.05, 0.1) is 4.90 Å². The minimum absolute atomic E-state index is 0. The molecule has 10 heteroatoms. The van der Waals surface area contributed by atoms with Crippen molar-refractivity contribution in [2.45, 2.75) is 11.8 Å². The molecule has 0 aliphatic carbocycles. The second-order valence-electron chi connectivity index (χ2n) is 6.26. The molecule has 1 aromatic carbocycles. The molecule has 1 N–H and O–H groups in total. The Bertz CT molecular complexity index is 747. The summed E-state index contributed by atoms with van der Waals surface area (Å²) in [5, 5.41) is 2.98. The van der Waals surface area contributed by atoms with E-state index < -0.39 is 10.0 Å². The predicted molar refractivity (Wildman–Crippen MR) is 106 cm³/mol. The highest BCUT2D eigenvalue weighted by molar-refractivity contribution is 7.89. The van der Waals surface area contributed by atoms with Crippen molar-refractivity contribution in [3.05, 3.63) is 29.8 Å². The molecule has 0 unspecified atom stereocenters. The number of hydrogen-bond donors (Lipinski definition) is 1. The number of rotatable bonds is 6.